The highest BCUT2D eigenvalue weighted by atomic mass is 35.5. The summed E-state index contributed by atoms with van der Waals surface area (Å²) in [6.07, 6.45) is -0.733. The second-order valence-corrected chi connectivity index (χ2v) is 3.45. The summed E-state index contributed by atoms with van der Waals surface area (Å²) in [7, 11) is 1.55. The number of hydrogen-bond donors (Lipinski definition) is 2. The van der Waals surface area contributed by atoms with E-state index in [4.69, 9.17) is 22.1 Å². The number of halogens is 1. The Kier molecular flexibility index (Phi) is 3.75. The van der Waals surface area contributed by atoms with Gasteiger partial charge in [0.1, 0.15) is 5.75 Å². The molecule has 3 nitrogen and oxygen atoms in total. The van der Waals surface area contributed by atoms with E-state index in [1.165, 1.54) is 0 Å². The average Bonchev–Trinajstić information content (AvgIpc) is 2.20. The molecule has 14 heavy (non-hydrogen) atoms. The molecule has 0 heterocycles. The lowest BCUT2D eigenvalue weighted by molar-refractivity contribution is 0.181. The molecule has 0 saturated carbocycles. The monoisotopic (exact) mass is 215 g/mol. The Morgan fingerprint density at radius 3 is 2.71 bits per heavy atom. The van der Waals surface area contributed by atoms with Crippen molar-refractivity contribution < 1.29 is 9.84 Å². The third-order valence-electron chi connectivity index (χ3n) is 2.19. The lowest BCUT2D eigenvalue weighted by Crippen LogP contribution is -2.14. The minimum absolute atomic E-state index is 0.150. The first-order valence-corrected chi connectivity index (χ1v) is 4.70. The molecule has 3 N–H and O–H groups in total. The van der Waals surface area contributed by atoms with Crippen LogP contribution in [0.2, 0.25) is 5.02 Å². The molecular weight excluding hydrogens is 202 g/mol. The average molecular weight is 216 g/mol. The van der Waals surface area contributed by atoms with Gasteiger partial charge in [0.15, 0.2) is 0 Å². The molecule has 0 spiro atoms. The Morgan fingerprint density at radius 2 is 2.21 bits per heavy atom. The quantitative estimate of drug-likeness (QED) is 0.806. The molecule has 0 aliphatic rings. The van der Waals surface area contributed by atoms with Crippen LogP contribution in [0, 0.1) is 6.92 Å². The van der Waals surface area contributed by atoms with E-state index < -0.39 is 6.10 Å². The second kappa shape index (κ2) is 4.64. The molecule has 4 heteroatoms. The summed E-state index contributed by atoms with van der Waals surface area (Å²) in [6.45, 7) is 1.98. The van der Waals surface area contributed by atoms with Crippen molar-refractivity contribution in [3.8, 4) is 5.75 Å². The van der Waals surface area contributed by atoms with Gasteiger partial charge in [0.25, 0.3) is 0 Å². The first-order chi connectivity index (χ1) is 6.61. The number of ether oxygens (including phenoxy) is 1. The van der Waals surface area contributed by atoms with Crippen molar-refractivity contribution in [1.29, 1.82) is 0 Å². The Hall–Kier alpha value is -0.770. The van der Waals surface area contributed by atoms with Gasteiger partial charge in [-0.15, -0.1) is 0 Å². The summed E-state index contributed by atoms with van der Waals surface area (Å²) in [5.74, 6) is 0.616. The molecule has 1 rings (SSSR count). The van der Waals surface area contributed by atoms with E-state index in [-0.39, 0.29) is 6.54 Å². The van der Waals surface area contributed by atoms with Gasteiger partial charge in [-0.3, -0.25) is 0 Å². The summed E-state index contributed by atoms with van der Waals surface area (Å²) in [6, 6.07) is 3.46. The maximum Gasteiger partial charge on any atom is 0.125 e. The molecule has 1 unspecified atom stereocenters. The van der Waals surface area contributed by atoms with Crippen molar-refractivity contribution in [2.75, 3.05) is 13.7 Å². The van der Waals surface area contributed by atoms with Gasteiger partial charge in [-0.05, 0) is 24.6 Å². The van der Waals surface area contributed by atoms with Crippen LogP contribution in [0.25, 0.3) is 0 Å². The molecule has 1 aromatic rings. The number of aliphatic hydroxyl groups is 1. The van der Waals surface area contributed by atoms with E-state index in [9.17, 15) is 5.11 Å². The molecule has 0 bridgehead atoms. The van der Waals surface area contributed by atoms with E-state index in [0.29, 0.717) is 16.3 Å². The highest BCUT2D eigenvalue weighted by Gasteiger charge is 2.16. The summed E-state index contributed by atoms with van der Waals surface area (Å²) >= 11 is 5.94. The summed E-state index contributed by atoms with van der Waals surface area (Å²) in [4.78, 5) is 0. The molecule has 0 fully saturated rings. The predicted octanol–water partition coefficient (Wildman–Crippen LogP) is 1.65. The van der Waals surface area contributed by atoms with Gasteiger partial charge in [0.05, 0.1) is 13.2 Å². The zero-order valence-corrected chi connectivity index (χ0v) is 9.01. The first-order valence-electron chi connectivity index (χ1n) is 4.33. The molecular formula is C10H14ClNO2. The van der Waals surface area contributed by atoms with Crippen LogP contribution in [-0.4, -0.2) is 18.8 Å². The molecule has 0 aromatic heterocycles. The van der Waals surface area contributed by atoms with Crippen molar-refractivity contribution in [1.82, 2.24) is 0 Å². The standard InChI is InChI=1S/C10H14ClNO2/c1-6-7(11)3-4-9(14-2)10(6)8(13)5-12/h3-4,8,13H,5,12H2,1-2H3. The highest BCUT2D eigenvalue weighted by molar-refractivity contribution is 6.31. The lowest BCUT2D eigenvalue weighted by atomic mass is 10.0. The van der Waals surface area contributed by atoms with Gasteiger partial charge in [-0.1, -0.05) is 11.6 Å². The first kappa shape index (κ1) is 11.3. The zero-order chi connectivity index (χ0) is 10.7. The summed E-state index contributed by atoms with van der Waals surface area (Å²) in [5.41, 5.74) is 6.88. The van der Waals surface area contributed by atoms with Crippen LogP contribution in [0.1, 0.15) is 17.2 Å². The smallest absolute Gasteiger partial charge is 0.125 e. The van der Waals surface area contributed by atoms with E-state index in [1.807, 2.05) is 6.92 Å². The number of rotatable bonds is 3. The Balaban J connectivity index is 3.27. The van der Waals surface area contributed by atoms with E-state index in [1.54, 1.807) is 19.2 Å². The normalized spacial score (nSPS) is 12.6. The molecule has 0 amide bonds. The van der Waals surface area contributed by atoms with Gasteiger partial charge in [0.2, 0.25) is 0 Å². The molecule has 78 valence electrons. The topological polar surface area (TPSA) is 55.5 Å². The largest absolute Gasteiger partial charge is 0.496 e. The Bertz CT molecular complexity index is 328. The van der Waals surface area contributed by atoms with Crippen molar-refractivity contribution in [3.05, 3.63) is 28.3 Å². The third-order valence-corrected chi connectivity index (χ3v) is 2.59. The van der Waals surface area contributed by atoms with Crippen LogP contribution in [0.3, 0.4) is 0 Å². The maximum atomic E-state index is 9.68. The van der Waals surface area contributed by atoms with Crippen LogP contribution in [0.15, 0.2) is 12.1 Å². The van der Waals surface area contributed by atoms with Gasteiger partial charge in [-0.2, -0.15) is 0 Å². The lowest BCUT2D eigenvalue weighted by Gasteiger charge is -2.16. The van der Waals surface area contributed by atoms with Crippen molar-refractivity contribution in [3.63, 3.8) is 0 Å². The fourth-order valence-electron chi connectivity index (χ4n) is 1.39. The fraction of sp³-hybridized carbons (Fsp3) is 0.400. The summed E-state index contributed by atoms with van der Waals surface area (Å²) in [5, 5.41) is 10.3. The van der Waals surface area contributed by atoms with E-state index in [0.717, 1.165) is 5.56 Å². The zero-order valence-electron chi connectivity index (χ0n) is 8.25. The highest BCUT2D eigenvalue weighted by Crippen LogP contribution is 2.32. The predicted molar refractivity (Wildman–Crippen MR) is 56.8 cm³/mol. The van der Waals surface area contributed by atoms with Crippen LogP contribution >= 0.6 is 11.6 Å². The molecule has 0 radical (unpaired) electrons. The Labute approximate surface area is 88.4 Å². The number of aliphatic hydroxyl groups excluding tert-OH is 1. The minimum Gasteiger partial charge on any atom is -0.496 e. The van der Waals surface area contributed by atoms with E-state index in [2.05, 4.69) is 0 Å². The molecule has 1 atom stereocenters. The number of nitrogens with two attached hydrogens (primary N) is 1. The minimum atomic E-state index is -0.733. The van der Waals surface area contributed by atoms with Gasteiger partial charge in [-0.25, -0.2) is 0 Å². The van der Waals surface area contributed by atoms with Crippen LogP contribution in [-0.2, 0) is 0 Å². The molecule has 0 aliphatic carbocycles. The van der Waals surface area contributed by atoms with Crippen LogP contribution in [0.5, 0.6) is 5.75 Å². The summed E-state index contributed by atoms with van der Waals surface area (Å²) < 4.78 is 5.13. The van der Waals surface area contributed by atoms with E-state index >= 15 is 0 Å². The van der Waals surface area contributed by atoms with Crippen molar-refractivity contribution in [2.24, 2.45) is 5.73 Å². The van der Waals surface area contributed by atoms with Gasteiger partial charge >= 0.3 is 0 Å². The number of methoxy groups -OCH3 is 1. The van der Waals surface area contributed by atoms with Crippen LogP contribution in [0.4, 0.5) is 0 Å². The molecule has 1 aromatic carbocycles. The Morgan fingerprint density at radius 1 is 1.57 bits per heavy atom. The van der Waals surface area contributed by atoms with Gasteiger partial charge < -0.3 is 15.6 Å². The third kappa shape index (κ3) is 2.00. The maximum absolute atomic E-state index is 9.68. The SMILES string of the molecule is COc1ccc(Cl)c(C)c1C(O)CN. The number of benzene rings is 1. The van der Waals surface area contributed by atoms with Gasteiger partial charge in [0, 0.05) is 17.1 Å². The second-order valence-electron chi connectivity index (χ2n) is 3.04. The molecule has 0 aliphatic heterocycles. The van der Waals surface area contributed by atoms with Crippen molar-refractivity contribution >= 4 is 11.6 Å². The fourth-order valence-corrected chi connectivity index (χ4v) is 1.55. The number of hydrogen-bond acceptors (Lipinski definition) is 3. The van der Waals surface area contributed by atoms with Crippen LogP contribution < -0.4 is 10.5 Å². The van der Waals surface area contributed by atoms with Crippen molar-refractivity contribution in [2.45, 2.75) is 13.0 Å². The molecule has 0 saturated heterocycles.